The summed E-state index contributed by atoms with van der Waals surface area (Å²) in [6.45, 7) is 1.93. The van der Waals surface area contributed by atoms with Gasteiger partial charge in [0.05, 0.1) is 5.69 Å². The fourth-order valence-electron chi connectivity index (χ4n) is 1.99. The third kappa shape index (κ3) is 3.04. The fourth-order valence-corrected chi connectivity index (χ4v) is 2.39. The third-order valence-corrected chi connectivity index (χ3v) is 3.66. The number of amides is 1. The molecule has 0 saturated heterocycles. The molecule has 0 unspecified atom stereocenters. The summed E-state index contributed by atoms with van der Waals surface area (Å²) in [6.07, 6.45) is 1.50. The smallest absolute Gasteiger partial charge is 0.255 e. The summed E-state index contributed by atoms with van der Waals surface area (Å²) in [4.78, 5) is 12.3. The minimum atomic E-state index is -0.168. The number of hydrogen-bond donors (Lipinski definition) is 1. The van der Waals surface area contributed by atoms with Crippen molar-refractivity contribution >= 4 is 27.5 Å². The van der Waals surface area contributed by atoms with E-state index in [0.717, 1.165) is 21.4 Å². The molecule has 0 atom stereocenters. The van der Waals surface area contributed by atoms with E-state index in [4.69, 9.17) is 0 Å². The number of halogens is 1. The zero-order valence-corrected chi connectivity index (χ0v) is 13.3. The van der Waals surface area contributed by atoms with Crippen molar-refractivity contribution in [2.24, 2.45) is 0 Å². The molecule has 1 heterocycles. The minimum absolute atomic E-state index is 0.168. The molecule has 0 fully saturated rings. The molecule has 3 rings (SSSR count). The van der Waals surface area contributed by atoms with Crippen LogP contribution in [0.4, 0.5) is 5.69 Å². The van der Waals surface area contributed by atoms with Gasteiger partial charge in [-0.1, -0.05) is 28.1 Å². The maximum atomic E-state index is 12.3. The summed E-state index contributed by atoms with van der Waals surface area (Å²) < 4.78 is 2.40. The predicted octanol–water partition coefficient (Wildman–Crippen LogP) is 2.99. The first-order valence-electron chi connectivity index (χ1n) is 6.54. The van der Waals surface area contributed by atoms with Crippen LogP contribution < -0.4 is 5.32 Å². The number of rotatable bonds is 3. The van der Waals surface area contributed by atoms with Gasteiger partial charge < -0.3 is 5.32 Å². The van der Waals surface area contributed by atoms with E-state index in [1.165, 1.54) is 11.0 Å². The molecule has 6 nitrogen and oxygen atoms in total. The van der Waals surface area contributed by atoms with E-state index in [1.807, 2.05) is 37.3 Å². The van der Waals surface area contributed by atoms with Crippen molar-refractivity contribution in [1.29, 1.82) is 0 Å². The Kier molecular flexibility index (Phi) is 3.97. The van der Waals surface area contributed by atoms with Gasteiger partial charge in [-0.2, -0.15) is 0 Å². The quantitative estimate of drug-likeness (QED) is 0.781. The Morgan fingerprint density at radius 1 is 1.23 bits per heavy atom. The van der Waals surface area contributed by atoms with Crippen molar-refractivity contribution < 1.29 is 4.79 Å². The first-order chi connectivity index (χ1) is 10.6. The van der Waals surface area contributed by atoms with Gasteiger partial charge in [-0.25, -0.2) is 4.68 Å². The molecule has 0 spiro atoms. The topological polar surface area (TPSA) is 72.7 Å². The van der Waals surface area contributed by atoms with Crippen molar-refractivity contribution in [3.63, 3.8) is 0 Å². The van der Waals surface area contributed by atoms with E-state index in [-0.39, 0.29) is 5.91 Å². The van der Waals surface area contributed by atoms with Crippen LogP contribution in [0.5, 0.6) is 0 Å². The second kappa shape index (κ2) is 6.07. The van der Waals surface area contributed by atoms with Crippen molar-refractivity contribution in [1.82, 2.24) is 20.2 Å². The number of carbonyl (C=O) groups is 1. The summed E-state index contributed by atoms with van der Waals surface area (Å²) in [5, 5.41) is 14.0. The maximum Gasteiger partial charge on any atom is 0.255 e. The molecule has 0 aliphatic carbocycles. The molecule has 0 radical (unpaired) electrons. The largest absolute Gasteiger partial charge is 0.322 e. The Bertz CT molecular complexity index is 817. The van der Waals surface area contributed by atoms with Gasteiger partial charge in [0.15, 0.2) is 0 Å². The second-order valence-electron chi connectivity index (χ2n) is 4.72. The lowest BCUT2D eigenvalue weighted by atomic mass is 10.1. The molecule has 0 aliphatic heterocycles. The van der Waals surface area contributed by atoms with E-state index in [9.17, 15) is 4.79 Å². The van der Waals surface area contributed by atoms with Crippen LogP contribution in [-0.2, 0) is 0 Å². The Morgan fingerprint density at radius 2 is 2.09 bits per heavy atom. The Morgan fingerprint density at radius 3 is 2.82 bits per heavy atom. The predicted molar refractivity (Wildman–Crippen MR) is 86.0 cm³/mol. The van der Waals surface area contributed by atoms with Crippen molar-refractivity contribution in [3.8, 4) is 5.69 Å². The molecule has 22 heavy (non-hydrogen) atoms. The number of carbonyl (C=O) groups excluding carboxylic acids is 1. The fraction of sp³-hybridized carbons (Fsp3) is 0.0667. The Hall–Kier alpha value is -2.54. The van der Waals surface area contributed by atoms with E-state index < -0.39 is 0 Å². The van der Waals surface area contributed by atoms with Crippen LogP contribution in [0.25, 0.3) is 5.69 Å². The lowest BCUT2D eigenvalue weighted by Gasteiger charge is -2.10. The molecule has 0 aliphatic rings. The first kappa shape index (κ1) is 14.4. The Labute approximate surface area is 135 Å². The minimum Gasteiger partial charge on any atom is -0.322 e. The van der Waals surface area contributed by atoms with Gasteiger partial charge in [0.1, 0.15) is 6.33 Å². The molecule has 1 aromatic heterocycles. The van der Waals surface area contributed by atoms with Crippen LogP contribution in [0.15, 0.2) is 53.3 Å². The molecule has 110 valence electrons. The second-order valence-corrected chi connectivity index (χ2v) is 5.63. The van der Waals surface area contributed by atoms with Crippen LogP contribution >= 0.6 is 15.9 Å². The number of anilines is 1. The highest BCUT2D eigenvalue weighted by Gasteiger charge is 2.09. The van der Waals surface area contributed by atoms with E-state index in [0.29, 0.717) is 5.56 Å². The molecular formula is C15H12BrN5O. The van der Waals surface area contributed by atoms with Crippen LogP contribution in [0.3, 0.4) is 0 Å². The molecule has 0 saturated carbocycles. The highest BCUT2D eigenvalue weighted by Crippen LogP contribution is 2.20. The van der Waals surface area contributed by atoms with E-state index in [2.05, 4.69) is 36.8 Å². The van der Waals surface area contributed by atoms with Crippen molar-refractivity contribution in [2.45, 2.75) is 6.92 Å². The van der Waals surface area contributed by atoms with Crippen LogP contribution in [0, 0.1) is 6.92 Å². The van der Waals surface area contributed by atoms with Gasteiger partial charge in [-0.3, -0.25) is 4.79 Å². The highest BCUT2D eigenvalue weighted by molar-refractivity contribution is 9.10. The lowest BCUT2D eigenvalue weighted by Crippen LogP contribution is -2.13. The Balaban J connectivity index is 1.88. The molecule has 1 N–H and O–H groups in total. The average molecular weight is 358 g/mol. The van der Waals surface area contributed by atoms with Gasteiger partial charge in [-0.15, -0.1) is 5.10 Å². The number of benzene rings is 2. The van der Waals surface area contributed by atoms with Crippen LogP contribution in [0.1, 0.15) is 15.9 Å². The van der Waals surface area contributed by atoms with Crippen molar-refractivity contribution in [3.05, 3.63) is 64.4 Å². The molecular weight excluding hydrogens is 346 g/mol. The van der Waals surface area contributed by atoms with Crippen LogP contribution in [0.2, 0.25) is 0 Å². The molecule has 3 aromatic rings. The standard InChI is InChI=1S/C15H12BrN5O/c1-10-5-6-13(21-9-17-19-20-21)8-14(10)18-15(22)11-3-2-4-12(16)7-11/h2-9H,1H3,(H,18,22). The monoisotopic (exact) mass is 357 g/mol. The van der Waals surface area contributed by atoms with E-state index in [1.54, 1.807) is 12.1 Å². The summed E-state index contributed by atoms with van der Waals surface area (Å²) >= 11 is 3.36. The first-order valence-corrected chi connectivity index (χ1v) is 7.34. The summed E-state index contributed by atoms with van der Waals surface area (Å²) in [6, 6.07) is 12.9. The number of tetrazole rings is 1. The lowest BCUT2D eigenvalue weighted by molar-refractivity contribution is 0.102. The number of aromatic nitrogens is 4. The molecule has 7 heteroatoms. The number of nitrogens with one attached hydrogen (secondary N) is 1. The van der Waals surface area contributed by atoms with Gasteiger partial charge >= 0.3 is 0 Å². The summed E-state index contributed by atoms with van der Waals surface area (Å²) in [5.41, 5.74) is 3.04. The van der Waals surface area contributed by atoms with Gasteiger partial charge in [0.2, 0.25) is 0 Å². The zero-order valence-electron chi connectivity index (χ0n) is 11.7. The molecule has 0 bridgehead atoms. The third-order valence-electron chi connectivity index (χ3n) is 3.17. The van der Waals surface area contributed by atoms with Gasteiger partial charge in [0.25, 0.3) is 5.91 Å². The van der Waals surface area contributed by atoms with Crippen molar-refractivity contribution in [2.75, 3.05) is 5.32 Å². The number of hydrogen-bond acceptors (Lipinski definition) is 4. The maximum absolute atomic E-state index is 12.3. The van der Waals surface area contributed by atoms with Crippen LogP contribution in [-0.4, -0.2) is 26.1 Å². The normalized spacial score (nSPS) is 10.5. The van der Waals surface area contributed by atoms with E-state index >= 15 is 0 Å². The highest BCUT2D eigenvalue weighted by atomic mass is 79.9. The van der Waals surface area contributed by atoms with Gasteiger partial charge in [0, 0.05) is 15.7 Å². The summed E-state index contributed by atoms with van der Waals surface area (Å²) in [5.74, 6) is -0.168. The summed E-state index contributed by atoms with van der Waals surface area (Å²) in [7, 11) is 0. The SMILES string of the molecule is Cc1ccc(-n2cnnn2)cc1NC(=O)c1cccc(Br)c1. The number of nitrogens with zero attached hydrogens (tertiary/aromatic N) is 4. The molecule has 2 aromatic carbocycles. The van der Waals surface area contributed by atoms with Gasteiger partial charge in [-0.05, 0) is 53.2 Å². The zero-order chi connectivity index (χ0) is 15.5. The molecule has 1 amide bonds. The number of aryl methyl sites for hydroxylation is 1. The average Bonchev–Trinajstić information content (AvgIpc) is 3.04.